The highest BCUT2D eigenvalue weighted by molar-refractivity contribution is 5.94. The fraction of sp³-hybridized carbons (Fsp3) is 0.286. The second-order valence-electron chi connectivity index (χ2n) is 9.40. The van der Waals surface area contributed by atoms with Crippen LogP contribution < -0.4 is 10.2 Å². The van der Waals surface area contributed by atoms with E-state index in [1.54, 1.807) is 4.90 Å². The van der Waals surface area contributed by atoms with Gasteiger partial charge in [-0.3, -0.25) is 14.6 Å². The van der Waals surface area contributed by atoms with Gasteiger partial charge in [-0.15, -0.1) is 12.4 Å². The molecule has 0 saturated carbocycles. The van der Waals surface area contributed by atoms with Gasteiger partial charge in [-0.2, -0.15) is 0 Å². The quantitative estimate of drug-likeness (QED) is 0.535. The van der Waals surface area contributed by atoms with Crippen molar-refractivity contribution in [1.29, 1.82) is 0 Å². The second kappa shape index (κ2) is 9.93. The highest BCUT2D eigenvalue weighted by atomic mass is 35.5. The van der Waals surface area contributed by atoms with Crippen molar-refractivity contribution >= 4 is 35.8 Å². The number of cyclic esters (lactones) is 1. The number of carbonyl (C=O) groups excluding carboxylic acids is 2. The van der Waals surface area contributed by atoms with Crippen molar-refractivity contribution in [1.82, 2.24) is 4.90 Å². The highest BCUT2D eigenvalue weighted by Gasteiger charge is 2.34. The summed E-state index contributed by atoms with van der Waals surface area (Å²) in [4.78, 5) is 29.2. The Labute approximate surface area is 216 Å². The number of amides is 2. The standard InChI is InChI=1S/C28H27N3O4.ClH/c32-26(29-19-9-10-23-24(15-19)21-6-2-3-7-22(21)27(23)33)16-30-13-11-20(12-14-30)31-25-8-4-1-5-18(25)17-35-28(31)34;/h1-10,15,20,27,33H,11-14,16-17H2,(H,29,32);1H. The summed E-state index contributed by atoms with van der Waals surface area (Å²) in [7, 11) is 0. The monoisotopic (exact) mass is 505 g/mol. The predicted octanol–water partition coefficient (Wildman–Crippen LogP) is 4.73. The predicted molar refractivity (Wildman–Crippen MR) is 140 cm³/mol. The second-order valence-corrected chi connectivity index (χ2v) is 9.40. The molecule has 1 saturated heterocycles. The average Bonchev–Trinajstić information content (AvgIpc) is 3.16. The first-order valence-corrected chi connectivity index (χ1v) is 12.1. The minimum Gasteiger partial charge on any atom is -0.444 e. The summed E-state index contributed by atoms with van der Waals surface area (Å²) >= 11 is 0. The Morgan fingerprint density at radius 3 is 2.53 bits per heavy atom. The normalized spacial score (nSPS) is 19.0. The number of ether oxygens (including phenoxy) is 1. The van der Waals surface area contributed by atoms with Crippen LogP contribution in [0.2, 0.25) is 0 Å². The maximum absolute atomic E-state index is 12.8. The third-order valence-electron chi connectivity index (χ3n) is 7.27. The van der Waals surface area contributed by atoms with E-state index in [9.17, 15) is 14.7 Å². The molecule has 36 heavy (non-hydrogen) atoms. The van der Waals surface area contributed by atoms with Crippen molar-refractivity contribution in [2.24, 2.45) is 0 Å². The molecule has 186 valence electrons. The van der Waals surface area contributed by atoms with Crippen LogP contribution >= 0.6 is 12.4 Å². The molecule has 1 aliphatic carbocycles. The number of anilines is 2. The molecule has 0 aromatic heterocycles. The van der Waals surface area contributed by atoms with E-state index in [0.717, 1.165) is 65.1 Å². The van der Waals surface area contributed by atoms with Crippen LogP contribution in [0.15, 0.2) is 66.7 Å². The molecule has 3 aromatic rings. The Morgan fingerprint density at radius 2 is 1.69 bits per heavy atom. The first-order chi connectivity index (χ1) is 17.1. The van der Waals surface area contributed by atoms with Gasteiger partial charge in [0.1, 0.15) is 12.7 Å². The van der Waals surface area contributed by atoms with E-state index in [1.165, 1.54) is 0 Å². The van der Waals surface area contributed by atoms with E-state index < -0.39 is 6.10 Å². The van der Waals surface area contributed by atoms with E-state index in [0.29, 0.717) is 13.2 Å². The Balaban J connectivity index is 0.00000267. The molecule has 0 spiro atoms. The number of halogens is 1. The molecular weight excluding hydrogens is 478 g/mol. The zero-order valence-electron chi connectivity index (χ0n) is 19.7. The van der Waals surface area contributed by atoms with E-state index in [4.69, 9.17) is 4.74 Å². The van der Waals surface area contributed by atoms with Crippen molar-refractivity contribution in [2.75, 3.05) is 29.9 Å². The van der Waals surface area contributed by atoms with Crippen molar-refractivity contribution in [3.8, 4) is 11.1 Å². The molecular formula is C28H28ClN3O4. The number of nitrogens with one attached hydrogen (secondary N) is 1. The fourth-order valence-electron chi connectivity index (χ4n) is 5.51. The molecule has 2 heterocycles. The Hall–Kier alpha value is -3.39. The maximum atomic E-state index is 12.8. The Bertz CT molecular complexity index is 1310. The molecule has 3 aromatic carbocycles. The van der Waals surface area contributed by atoms with Crippen LogP contribution in [0.4, 0.5) is 16.2 Å². The molecule has 0 bridgehead atoms. The number of aliphatic hydroxyl groups is 1. The van der Waals surface area contributed by atoms with Crippen molar-refractivity contribution in [3.63, 3.8) is 0 Å². The van der Waals surface area contributed by atoms with Crippen LogP contribution in [0.3, 0.4) is 0 Å². The third kappa shape index (κ3) is 4.34. The molecule has 6 rings (SSSR count). The van der Waals surface area contributed by atoms with Gasteiger partial charge in [0.25, 0.3) is 0 Å². The van der Waals surface area contributed by atoms with Crippen LogP contribution in [0.25, 0.3) is 11.1 Å². The molecule has 8 heteroatoms. The van der Waals surface area contributed by atoms with Gasteiger partial charge in [0, 0.05) is 30.4 Å². The smallest absolute Gasteiger partial charge is 0.414 e. The average molecular weight is 506 g/mol. The summed E-state index contributed by atoms with van der Waals surface area (Å²) in [6.45, 7) is 2.07. The van der Waals surface area contributed by atoms with Crippen LogP contribution in [0, 0.1) is 0 Å². The lowest BCUT2D eigenvalue weighted by Gasteiger charge is -2.40. The number of hydrogen-bond acceptors (Lipinski definition) is 5. The van der Waals surface area contributed by atoms with Gasteiger partial charge in [-0.1, -0.05) is 48.5 Å². The van der Waals surface area contributed by atoms with Gasteiger partial charge in [-0.05, 0) is 53.3 Å². The fourth-order valence-corrected chi connectivity index (χ4v) is 5.51. The number of fused-ring (bicyclic) bond motifs is 4. The minimum absolute atomic E-state index is 0. The summed E-state index contributed by atoms with van der Waals surface area (Å²) < 4.78 is 5.38. The molecule has 1 fully saturated rings. The van der Waals surface area contributed by atoms with Gasteiger partial charge < -0.3 is 15.2 Å². The van der Waals surface area contributed by atoms with E-state index in [2.05, 4.69) is 10.2 Å². The molecule has 2 N–H and O–H groups in total. The largest absolute Gasteiger partial charge is 0.444 e. The Morgan fingerprint density at radius 1 is 0.972 bits per heavy atom. The van der Waals surface area contributed by atoms with Crippen LogP contribution in [-0.4, -0.2) is 47.7 Å². The number of rotatable bonds is 4. The summed E-state index contributed by atoms with van der Waals surface area (Å²) in [6, 6.07) is 21.4. The topological polar surface area (TPSA) is 82.1 Å². The third-order valence-corrected chi connectivity index (χ3v) is 7.27. The first kappa shape index (κ1) is 24.3. The van der Waals surface area contributed by atoms with Gasteiger partial charge in [0.2, 0.25) is 5.91 Å². The SMILES string of the molecule is Cl.O=C(CN1CCC(N2C(=O)OCc3ccccc32)CC1)Nc1ccc2c(c1)-c1ccccc1C2O. The van der Waals surface area contributed by atoms with Gasteiger partial charge in [-0.25, -0.2) is 4.79 Å². The van der Waals surface area contributed by atoms with Crippen molar-refractivity contribution in [2.45, 2.75) is 31.6 Å². The first-order valence-electron chi connectivity index (χ1n) is 12.1. The number of nitrogens with zero attached hydrogens (tertiary/aromatic N) is 2. The lowest BCUT2D eigenvalue weighted by atomic mass is 10.0. The zero-order valence-corrected chi connectivity index (χ0v) is 20.5. The van der Waals surface area contributed by atoms with Gasteiger partial charge >= 0.3 is 6.09 Å². The van der Waals surface area contributed by atoms with E-state index in [-0.39, 0.29) is 30.4 Å². The molecule has 0 radical (unpaired) electrons. The van der Waals surface area contributed by atoms with E-state index in [1.807, 2.05) is 66.7 Å². The molecule has 1 unspecified atom stereocenters. The van der Waals surface area contributed by atoms with Gasteiger partial charge in [0.05, 0.1) is 12.2 Å². The highest BCUT2D eigenvalue weighted by Crippen LogP contribution is 2.44. The number of para-hydroxylation sites is 1. The summed E-state index contributed by atoms with van der Waals surface area (Å²) in [5, 5.41) is 13.6. The van der Waals surface area contributed by atoms with Gasteiger partial charge in [0.15, 0.2) is 0 Å². The van der Waals surface area contributed by atoms with Crippen LogP contribution in [-0.2, 0) is 16.1 Å². The number of aliphatic hydroxyl groups excluding tert-OH is 1. The summed E-state index contributed by atoms with van der Waals surface area (Å²) in [5.41, 5.74) is 6.41. The molecule has 2 amide bonds. The Kier molecular flexibility index (Phi) is 6.71. The van der Waals surface area contributed by atoms with Crippen LogP contribution in [0.1, 0.15) is 35.6 Å². The van der Waals surface area contributed by atoms with E-state index >= 15 is 0 Å². The maximum Gasteiger partial charge on any atom is 0.414 e. The summed E-state index contributed by atoms with van der Waals surface area (Å²) in [6.07, 6.45) is 0.647. The van der Waals surface area contributed by atoms with Crippen molar-refractivity contribution in [3.05, 3.63) is 83.4 Å². The number of benzene rings is 3. The lowest BCUT2D eigenvalue weighted by molar-refractivity contribution is -0.117. The molecule has 7 nitrogen and oxygen atoms in total. The lowest BCUT2D eigenvalue weighted by Crippen LogP contribution is -2.50. The molecule has 2 aliphatic heterocycles. The molecule has 3 aliphatic rings. The number of piperidine rings is 1. The number of carbonyl (C=O) groups is 2. The summed E-state index contributed by atoms with van der Waals surface area (Å²) in [5.74, 6) is -0.0713. The minimum atomic E-state index is -0.628. The van der Waals surface area contributed by atoms with Crippen molar-refractivity contribution < 1.29 is 19.4 Å². The zero-order chi connectivity index (χ0) is 23.9. The number of hydrogen-bond donors (Lipinski definition) is 2. The number of likely N-dealkylation sites (tertiary alicyclic amines) is 1. The molecule has 1 atom stereocenters. The van der Waals surface area contributed by atoms with Crippen LogP contribution in [0.5, 0.6) is 0 Å².